The van der Waals surface area contributed by atoms with Crippen LogP contribution in [0.15, 0.2) is 12.2 Å². The van der Waals surface area contributed by atoms with Crippen LogP contribution in [0.1, 0.15) is 19.3 Å². The lowest BCUT2D eigenvalue weighted by Gasteiger charge is -2.19. The molecule has 2 aliphatic rings. The number of hydrogen-bond acceptors (Lipinski definition) is 0. The monoisotopic (exact) mass is 94.1 g/mol. The summed E-state index contributed by atoms with van der Waals surface area (Å²) >= 11 is 0. The molecule has 2 atom stereocenters. The lowest BCUT2D eigenvalue weighted by Crippen LogP contribution is -2.09. The second kappa shape index (κ2) is 1.12. The van der Waals surface area contributed by atoms with Gasteiger partial charge in [0.15, 0.2) is 0 Å². The summed E-state index contributed by atoms with van der Waals surface area (Å²) in [6.45, 7) is 0. The van der Waals surface area contributed by atoms with Gasteiger partial charge in [-0.2, -0.15) is 0 Å². The van der Waals surface area contributed by atoms with E-state index in [2.05, 4.69) is 12.2 Å². The molecule has 0 amide bonds. The molecule has 38 valence electrons. The third-order valence-electron chi connectivity index (χ3n) is 2.23. The SMILES string of the molecule is C1=C[C@H]2CCC[C@@H]12. The topological polar surface area (TPSA) is 0 Å². The standard InChI is InChI=1S/C7H10/c1-2-6-4-5-7(6)3-1/h4-7H,1-3H2/t6-,7+. The Hall–Kier alpha value is -0.260. The summed E-state index contributed by atoms with van der Waals surface area (Å²) in [5, 5.41) is 0. The predicted octanol–water partition coefficient (Wildman–Crippen LogP) is 1.97. The van der Waals surface area contributed by atoms with Gasteiger partial charge in [0.1, 0.15) is 0 Å². The summed E-state index contributed by atoms with van der Waals surface area (Å²) in [7, 11) is 0. The second-order valence-electron chi connectivity index (χ2n) is 2.64. The Morgan fingerprint density at radius 1 is 1.00 bits per heavy atom. The van der Waals surface area contributed by atoms with E-state index in [1.165, 1.54) is 19.3 Å². The first-order valence-corrected chi connectivity index (χ1v) is 3.15. The van der Waals surface area contributed by atoms with Crippen molar-refractivity contribution in [2.45, 2.75) is 19.3 Å². The minimum absolute atomic E-state index is 1.01. The molecule has 2 aliphatic carbocycles. The fourth-order valence-corrected chi connectivity index (χ4v) is 1.64. The number of allylic oxidation sites excluding steroid dienone is 2. The minimum Gasteiger partial charge on any atom is -0.0845 e. The van der Waals surface area contributed by atoms with Crippen molar-refractivity contribution in [1.82, 2.24) is 0 Å². The Balaban J connectivity index is 2.17. The quantitative estimate of drug-likeness (QED) is 0.402. The Kier molecular flexibility index (Phi) is 0.592. The summed E-state index contributed by atoms with van der Waals surface area (Å²) in [4.78, 5) is 0. The Labute approximate surface area is 44.2 Å². The molecule has 0 aromatic carbocycles. The lowest BCUT2D eigenvalue weighted by atomic mass is 9.86. The third-order valence-corrected chi connectivity index (χ3v) is 2.23. The average Bonchev–Trinajstić information content (AvgIpc) is 1.85. The maximum absolute atomic E-state index is 2.36. The van der Waals surface area contributed by atoms with E-state index < -0.39 is 0 Å². The average molecular weight is 94.2 g/mol. The minimum atomic E-state index is 1.01. The zero-order chi connectivity index (χ0) is 4.69. The first kappa shape index (κ1) is 3.71. The van der Waals surface area contributed by atoms with Crippen LogP contribution in [0.3, 0.4) is 0 Å². The van der Waals surface area contributed by atoms with Gasteiger partial charge in [-0.15, -0.1) is 0 Å². The van der Waals surface area contributed by atoms with E-state index in [0.717, 1.165) is 11.8 Å². The molecule has 0 spiro atoms. The highest BCUT2D eigenvalue weighted by Crippen LogP contribution is 2.39. The largest absolute Gasteiger partial charge is 0.0845 e. The van der Waals surface area contributed by atoms with Gasteiger partial charge in [0.25, 0.3) is 0 Å². The Morgan fingerprint density at radius 3 is 1.86 bits per heavy atom. The molecule has 7 heavy (non-hydrogen) atoms. The normalized spacial score (nSPS) is 45.7. The Morgan fingerprint density at radius 2 is 1.57 bits per heavy atom. The van der Waals surface area contributed by atoms with Crippen molar-refractivity contribution in [2.24, 2.45) is 11.8 Å². The fourth-order valence-electron chi connectivity index (χ4n) is 1.64. The summed E-state index contributed by atoms with van der Waals surface area (Å²) in [5.74, 6) is 2.03. The van der Waals surface area contributed by atoms with E-state index in [0.29, 0.717) is 0 Å². The van der Waals surface area contributed by atoms with Gasteiger partial charge in [-0.25, -0.2) is 0 Å². The molecule has 1 saturated carbocycles. The van der Waals surface area contributed by atoms with Crippen molar-refractivity contribution in [3.8, 4) is 0 Å². The molecule has 0 heteroatoms. The van der Waals surface area contributed by atoms with Crippen LogP contribution in [0.2, 0.25) is 0 Å². The number of fused-ring (bicyclic) bond motifs is 1. The molecular weight excluding hydrogens is 84.1 g/mol. The maximum atomic E-state index is 2.36. The lowest BCUT2D eigenvalue weighted by molar-refractivity contribution is 0.501. The van der Waals surface area contributed by atoms with Crippen LogP contribution in [-0.4, -0.2) is 0 Å². The molecule has 0 N–H and O–H groups in total. The van der Waals surface area contributed by atoms with Gasteiger partial charge in [0.05, 0.1) is 0 Å². The molecule has 0 bridgehead atoms. The molecule has 0 saturated heterocycles. The van der Waals surface area contributed by atoms with Crippen molar-refractivity contribution >= 4 is 0 Å². The van der Waals surface area contributed by atoms with Gasteiger partial charge in [0, 0.05) is 0 Å². The van der Waals surface area contributed by atoms with E-state index in [9.17, 15) is 0 Å². The van der Waals surface area contributed by atoms with E-state index >= 15 is 0 Å². The molecule has 0 radical (unpaired) electrons. The van der Waals surface area contributed by atoms with Crippen molar-refractivity contribution in [3.05, 3.63) is 12.2 Å². The number of hydrogen-bond donors (Lipinski definition) is 0. The van der Waals surface area contributed by atoms with Gasteiger partial charge in [-0.05, 0) is 24.7 Å². The van der Waals surface area contributed by atoms with Crippen LogP contribution in [0, 0.1) is 11.8 Å². The van der Waals surface area contributed by atoms with Crippen molar-refractivity contribution in [2.75, 3.05) is 0 Å². The smallest absolute Gasteiger partial charge is 0.0170 e. The first-order valence-electron chi connectivity index (χ1n) is 3.15. The van der Waals surface area contributed by atoms with Crippen molar-refractivity contribution in [3.63, 3.8) is 0 Å². The third kappa shape index (κ3) is 0.370. The summed E-state index contributed by atoms with van der Waals surface area (Å²) < 4.78 is 0. The van der Waals surface area contributed by atoms with Crippen LogP contribution in [0.25, 0.3) is 0 Å². The van der Waals surface area contributed by atoms with E-state index in [1.54, 1.807) is 0 Å². The van der Waals surface area contributed by atoms with E-state index in [-0.39, 0.29) is 0 Å². The summed E-state index contributed by atoms with van der Waals surface area (Å²) in [6, 6.07) is 0. The highest BCUT2D eigenvalue weighted by Gasteiger charge is 2.28. The van der Waals surface area contributed by atoms with Crippen LogP contribution in [0.5, 0.6) is 0 Å². The molecule has 0 nitrogen and oxygen atoms in total. The van der Waals surface area contributed by atoms with Gasteiger partial charge in [-0.3, -0.25) is 0 Å². The summed E-state index contributed by atoms with van der Waals surface area (Å²) in [6.07, 6.45) is 9.14. The van der Waals surface area contributed by atoms with E-state index in [4.69, 9.17) is 0 Å². The molecule has 0 aliphatic heterocycles. The molecular formula is C7H10. The molecule has 2 rings (SSSR count). The molecule has 0 aromatic rings. The second-order valence-corrected chi connectivity index (χ2v) is 2.64. The van der Waals surface area contributed by atoms with Crippen molar-refractivity contribution < 1.29 is 0 Å². The van der Waals surface area contributed by atoms with Gasteiger partial charge < -0.3 is 0 Å². The zero-order valence-electron chi connectivity index (χ0n) is 4.43. The Bertz CT molecular complexity index is 90.6. The molecule has 0 heterocycles. The van der Waals surface area contributed by atoms with Crippen LogP contribution >= 0.6 is 0 Å². The summed E-state index contributed by atoms with van der Waals surface area (Å²) in [5.41, 5.74) is 0. The fraction of sp³-hybridized carbons (Fsp3) is 0.714. The van der Waals surface area contributed by atoms with Gasteiger partial charge in [0.2, 0.25) is 0 Å². The maximum Gasteiger partial charge on any atom is -0.0170 e. The van der Waals surface area contributed by atoms with Gasteiger partial charge in [-0.1, -0.05) is 18.6 Å². The van der Waals surface area contributed by atoms with E-state index in [1.807, 2.05) is 0 Å². The molecule has 0 unspecified atom stereocenters. The van der Waals surface area contributed by atoms with Crippen LogP contribution in [0.4, 0.5) is 0 Å². The molecule has 1 fully saturated rings. The first-order chi connectivity index (χ1) is 3.47. The number of rotatable bonds is 0. The highest BCUT2D eigenvalue weighted by atomic mass is 14.3. The zero-order valence-corrected chi connectivity index (χ0v) is 4.43. The van der Waals surface area contributed by atoms with Gasteiger partial charge >= 0.3 is 0 Å². The van der Waals surface area contributed by atoms with Crippen molar-refractivity contribution in [1.29, 1.82) is 0 Å². The molecule has 0 aromatic heterocycles. The highest BCUT2D eigenvalue weighted by molar-refractivity contribution is 5.11. The van der Waals surface area contributed by atoms with Crippen LogP contribution < -0.4 is 0 Å². The van der Waals surface area contributed by atoms with Crippen LogP contribution in [-0.2, 0) is 0 Å². The predicted molar refractivity (Wildman–Crippen MR) is 30.0 cm³/mol.